The minimum Gasteiger partial charge on any atom is -0.493 e. The summed E-state index contributed by atoms with van der Waals surface area (Å²) in [5, 5.41) is 4.71. The first-order valence-corrected chi connectivity index (χ1v) is 8.24. The van der Waals surface area contributed by atoms with Gasteiger partial charge in [0.05, 0.1) is 13.5 Å². The average molecular weight is 349 g/mol. The predicted octanol–water partition coefficient (Wildman–Crippen LogP) is 3.11. The zero-order valence-corrected chi connectivity index (χ0v) is 14.4. The Bertz CT molecular complexity index is 931. The third-order valence-electron chi connectivity index (χ3n) is 3.95. The van der Waals surface area contributed by atoms with Gasteiger partial charge in [0.2, 0.25) is 5.91 Å². The molecule has 0 saturated carbocycles. The summed E-state index contributed by atoms with van der Waals surface area (Å²) in [6.07, 6.45) is 0.198. The van der Waals surface area contributed by atoms with Gasteiger partial charge in [0.25, 0.3) is 0 Å². The number of para-hydroxylation sites is 2. The summed E-state index contributed by atoms with van der Waals surface area (Å²) in [4.78, 5) is 24.1. The van der Waals surface area contributed by atoms with Crippen LogP contribution in [0.4, 0.5) is 0 Å². The van der Waals surface area contributed by atoms with E-state index in [0.717, 1.165) is 16.3 Å². The van der Waals surface area contributed by atoms with Crippen molar-refractivity contribution < 1.29 is 19.1 Å². The second-order valence-corrected chi connectivity index (χ2v) is 5.72. The Balaban J connectivity index is 1.57. The number of hydrogen-bond donors (Lipinski definition) is 1. The van der Waals surface area contributed by atoms with E-state index in [2.05, 4.69) is 5.32 Å². The summed E-state index contributed by atoms with van der Waals surface area (Å²) < 4.78 is 10.4. The van der Waals surface area contributed by atoms with Crippen molar-refractivity contribution in [1.29, 1.82) is 0 Å². The fraction of sp³-hybridized carbons (Fsp3) is 0.143. The van der Waals surface area contributed by atoms with Gasteiger partial charge in [-0.15, -0.1) is 0 Å². The molecule has 3 aromatic rings. The van der Waals surface area contributed by atoms with Crippen LogP contribution in [0.25, 0.3) is 10.8 Å². The van der Waals surface area contributed by atoms with Gasteiger partial charge in [-0.1, -0.05) is 54.6 Å². The molecule has 5 nitrogen and oxygen atoms in total. The number of hydrogen-bond acceptors (Lipinski definition) is 4. The zero-order valence-electron chi connectivity index (χ0n) is 14.4. The third kappa shape index (κ3) is 4.19. The first kappa shape index (κ1) is 17.5. The molecule has 0 aliphatic heterocycles. The maximum absolute atomic E-state index is 12.2. The van der Waals surface area contributed by atoms with Gasteiger partial charge in [0, 0.05) is 0 Å². The van der Waals surface area contributed by atoms with Gasteiger partial charge in [-0.3, -0.25) is 4.79 Å². The molecule has 0 heterocycles. The number of rotatable bonds is 6. The van der Waals surface area contributed by atoms with Crippen molar-refractivity contribution in [2.75, 3.05) is 13.7 Å². The lowest BCUT2D eigenvalue weighted by Gasteiger charge is -2.10. The number of fused-ring (bicyclic) bond motifs is 1. The molecule has 132 valence electrons. The van der Waals surface area contributed by atoms with E-state index in [4.69, 9.17) is 9.47 Å². The Morgan fingerprint density at radius 2 is 1.58 bits per heavy atom. The molecule has 0 aliphatic rings. The van der Waals surface area contributed by atoms with Crippen LogP contribution in [0.5, 0.6) is 11.5 Å². The number of methoxy groups -OCH3 is 1. The van der Waals surface area contributed by atoms with Gasteiger partial charge >= 0.3 is 5.97 Å². The highest BCUT2D eigenvalue weighted by Gasteiger charge is 2.12. The molecule has 0 aliphatic carbocycles. The number of nitrogens with one attached hydrogen (secondary N) is 1. The van der Waals surface area contributed by atoms with E-state index in [0.29, 0.717) is 11.5 Å². The molecule has 0 spiro atoms. The fourth-order valence-corrected chi connectivity index (χ4v) is 2.71. The van der Waals surface area contributed by atoms with Crippen molar-refractivity contribution >= 4 is 22.6 Å². The van der Waals surface area contributed by atoms with Gasteiger partial charge < -0.3 is 14.8 Å². The van der Waals surface area contributed by atoms with Crippen LogP contribution in [0.1, 0.15) is 5.56 Å². The molecular formula is C21H19NO4. The van der Waals surface area contributed by atoms with Crippen molar-refractivity contribution in [2.45, 2.75) is 6.42 Å². The van der Waals surface area contributed by atoms with E-state index >= 15 is 0 Å². The summed E-state index contributed by atoms with van der Waals surface area (Å²) in [7, 11) is 1.50. The van der Waals surface area contributed by atoms with Crippen LogP contribution in [0.15, 0.2) is 66.7 Å². The van der Waals surface area contributed by atoms with Crippen LogP contribution >= 0.6 is 0 Å². The van der Waals surface area contributed by atoms with E-state index in [1.807, 2.05) is 42.5 Å². The van der Waals surface area contributed by atoms with Crippen LogP contribution in [-0.2, 0) is 16.0 Å². The Kier molecular flexibility index (Phi) is 5.49. The summed E-state index contributed by atoms with van der Waals surface area (Å²) in [5.74, 6) is -0.00895. The van der Waals surface area contributed by atoms with Crippen molar-refractivity contribution in [2.24, 2.45) is 0 Å². The van der Waals surface area contributed by atoms with Crippen molar-refractivity contribution in [3.63, 3.8) is 0 Å². The maximum atomic E-state index is 12.2. The minimum absolute atomic E-state index is 0.198. The molecule has 3 rings (SSSR count). The SMILES string of the molecule is COc1ccccc1OC(=O)CNC(=O)Cc1cccc2ccccc12. The first-order valence-electron chi connectivity index (χ1n) is 8.24. The summed E-state index contributed by atoms with van der Waals surface area (Å²) >= 11 is 0. The van der Waals surface area contributed by atoms with Gasteiger partial charge in [0.15, 0.2) is 11.5 Å². The zero-order chi connectivity index (χ0) is 18.4. The standard InChI is InChI=1S/C21H19NO4/c1-25-18-11-4-5-12-19(18)26-21(24)14-22-20(23)13-16-9-6-8-15-7-2-3-10-17(15)16/h2-12H,13-14H2,1H3,(H,22,23). The topological polar surface area (TPSA) is 64.6 Å². The molecule has 5 heteroatoms. The Labute approximate surface area is 151 Å². The molecule has 0 aromatic heterocycles. The van der Waals surface area contributed by atoms with Gasteiger partial charge in [0.1, 0.15) is 6.54 Å². The number of benzene rings is 3. The van der Waals surface area contributed by atoms with Gasteiger partial charge in [-0.05, 0) is 28.5 Å². The predicted molar refractivity (Wildman–Crippen MR) is 99.3 cm³/mol. The number of esters is 1. The third-order valence-corrected chi connectivity index (χ3v) is 3.95. The van der Waals surface area contributed by atoms with Crippen molar-refractivity contribution in [3.8, 4) is 11.5 Å². The Morgan fingerprint density at radius 3 is 2.38 bits per heavy atom. The Morgan fingerprint density at radius 1 is 0.885 bits per heavy atom. The van der Waals surface area contributed by atoms with Gasteiger partial charge in [-0.2, -0.15) is 0 Å². The van der Waals surface area contributed by atoms with Crippen molar-refractivity contribution in [3.05, 3.63) is 72.3 Å². The molecule has 1 N–H and O–H groups in total. The highest BCUT2D eigenvalue weighted by molar-refractivity contribution is 5.91. The molecule has 0 fully saturated rings. The molecular weight excluding hydrogens is 330 g/mol. The number of amides is 1. The van der Waals surface area contributed by atoms with E-state index < -0.39 is 5.97 Å². The number of carbonyl (C=O) groups excluding carboxylic acids is 2. The summed E-state index contributed by atoms with van der Waals surface area (Å²) in [6.45, 7) is -0.207. The summed E-state index contributed by atoms with van der Waals surface area (Å²) in [5.41, 5.74) is 0.915. The van der Waals surface area contributed by atoms with Crippen LogP contribution in [0, 0.1) is 0 Å². The summed E-state index contributed by atoms with van der Waals surface area (Å²) in [6, 6.07) is 20.6. The van der Waals surface area contributed by atoms with E-state index in [1.165, 1.54) is 7.11 Å². The van der Waals surface area contributed by atoms with E-state index in [9.17, 15) is 9.59 Å². The molecule has 3 aromatic carbocycles. The van der Waals surface area contributed by atoms with Crippen LogP contribution in [0.3, 0.4) is 0 Å². The molecule has 0 atom stereocenters. The molecule has 0 bridgehead atoms. The largest absolute Gasteiger partial charge is 0.493 e. The van der Waals surface area contributed by atoms with Gasteiger partial charge in [-0.25, -0.2) is 4.79 Å². The molecule has 0 saturated heterocycles. The smallest absolute Gasteiger partial charge is 0.330 e. The number of ether oxygens (including phenoxy) is 2. The number of carbonyl (C=O) groups is 2. The lowest BCUT2D eigenvalue weighted by atomic mass is 10.0. The lowest BCUT2D eigenvalue weighted by molar-refractivity contribution is -0.135. The van der Waals surface area contributed by atoms with Crippen LogP contribution < -0.4 is 14.8 Å². The second kappa shape index (κ2) is 8.16. The molecule has 0 unspecified atom stereocenters. The average Bonchev–Trinajstić information content (AvgIpc) is 2.67. The minimum atomic E-state index is -0.555. The monoisotopic (exact) mass is 349 g/mol. The molecule has 0 radical (unpaired) electrons. The van der Waals surface area contributed by atoms with E-state index in [1.54, 1.807) is 24.3 Å². The Hall–Kier alpha value is -3.34. The highest BCUT2D eigenvalue weighted by atomic mass is 16.6. The van der Waals surface area contributed by atoms with Crippen LogP contribution in [0.2, 0.25) is 0 Å². The van der Waals surface area contributed by atoms with E-state index in [-0.39, 0.29) is 18.9 Å². The first-order chi connectivity index (χ1) is 12.7. The molecule has 26 heavy (non-hydrogen) atoms. The van der Waals surface area contributed by atoms with Crippen molar-refractivity contribution in [1.82, 2.24) is 5.32 Å². The highest BCUT2D eigenvalue weighted by Crippen LogP contribution is 2.25. The lowest BCUT2D eigenvalue weighted by Crippen LogP contribution is -2.33. The second-order valence-electron chi connectivity index (χ2n) is 5.72. The normalized spacial score (nSPS) is 10.3. The maximum Gasteiger partial charge on any atom is 0.330 e. The quantitative estimate of drug-likeness (QED) is 0.549. The molecule has 1 amide bonds. The van der Waals surface area contributed by atoms with Crippen LogP contribution in [-0.4, -0.2) is 25.5 Å². The fourth-order valence-electron chi connectivity index (χ4n) is 2.71.